The minimum Gasteiger partial charge on any atom is -0.453 e. The Bertz CT molecular complexity index is 1150. The number of aryl methyl sites for hydroxylation is 3. The number of ether oxygens (including phenoxy) is 1. The van der Waals surface area contributed by atoms with Gasteiger partial charge in [0.05, 0.1) is 0 Å². The van der Waals surface area contributed by atoms with E-state index in [-0.39, 0.29) is 25.4 Å². The Kier molecular flexibility index (Phi) is 10.3. The molecule has 0 aliphatic rings. The topological polar surface area (TPSA) is 137 Å². The summed E-state index contributed by atoms with van der Waals surface area (Å²) in [6, 6.07) is 11.7. The van der Waals surface area contributed by atoms with Gasteiger partial charge in [0.1, 0.15) is 17.7 Å². The molecule has 0 saturated heterocycles. The summed E-state index contributed by atoms with van der Waals surface area (Å²) in [7, 11) is 0. The number of aliphatic hydroxyl groups is 1. The predicted molar refractivity (Wildman–Crippen MR) is 137 cm³/mol. The maximum Gasteiger partial charge on any atom is 0.490 e. The Morgan fingerprint density at radius 1 is 1.16 bits per heavy atom. The van der Waals surface area contributed by atoms with Crippen molar-refractivity contribution in [3.8, 4) is 0 Å². The highest BCUT2D eigenvalue weighted by atomic mass is 19.4. The van der Waals surface area contributed by atoms with Gasteiger partial charge in [-0.05, 0) is 74.9 Å². The van der Waals surface area contributed by atoms with E-state index >= 15 is 0 Å². The van der Waals surface area contributed by atoms with Crippen LogP contribution in [0, 0.1) is 13.8 Å². The molecular weight excluding hydrogens is 501 g/mol. The molecule has 0 bridgehead atoms. The van der Waals surface area contributed by atoms with Gasteiger partial charge in [0.25, 0.3) is 0 Å². The Labute approximate surface area is 219 Å². The highest BCUT2D eigenvalue weighted by Gasteiger charge is 2.43. The second-order valence-corrected chi connectivity index (χ2v) is 9.48. The number of nitrogens with one attached hydrogen (secondary N) is 1. The lowest BCUT2D eigenvalue weighted by molar-refractivity contribution is -0.205. The number of carbonyl (C=O) groups is 1. The second-order valence-electron chi connectivity index (χ2n) is 9.48. The molecule has 2 unspecified atom stereocenters. The van der Waals surface area contributed by atoms with Gasteiger partial charge in [0.2, 0.25) is 5.89 Å². The summed E-state index contributed by atoms with van der Waals surface area (Å²) in [4.78, 5) is 16.0. The lowest BCUT2D eigenvalue weighted by Gasteiger charge is -2.28. The molecule has 208 valence electrons. The Morgan fingerprint density at radius 2 is 1.84 bits per heavy atom. The van der Waals surface area contributed by atoms with Crippen LogP contribution in [-0.4, -0.2) is 53.5 Å². The molecule has 0 radical (unpaired) electrons. The van der Waals surface area contributed by atoms with E-state index in [1.807, 2.05) is 56.3 Å². The molecule has 0 fully saturated rings. The first kappa shape index (κ1) is 29.6. The fourth-order valence-electron chi connectivity index (χ4n) is 4.13. The number of nitrogens with two attached hydrogens (primary N) is 2. The number of esters is 1. The molecule has 38 heavy (non-hydrogen) atoms. The average Bonchev–Trinajstić information content (AvgIpc) is 3.28. The fourth-order valence-corrected chi connectivity index (χ4v) is 4.13. The number of hydrogen-bond donors (Lipinski definition) is 4. The number of rotatable bonds is 13. The number of benzene rings is 2. The van der Waals surface area contributed by atoms with Gasteiger partial charge in [-0.15, -0.1) is 0 Å². The molecule has 6 N–H and O–H groups in total. The second kappa shape index (κ2) is 13.2. The van der Waals surface area contributed by atoms with E-state index in [1.54, 1.807) is 0 Å². The number of carbonyl (C=O) groups excluding carboxylic acids is 1. The van der Waals surface area contributed by atoms with Crippen molar-refractivity contribution in [1.82, 2.24) is 10.3 Å². The number of aliphatic hydroxyl groups excluding tert-OH is 1. The van der Waals surface area contributed by atoms with E-state index in [0.29, 0.717) is 30.4 Å². The van der Waals surface area contributed by atoms with Gasteiger partial charge >= 0.3 is 12.1 Å². The zero-order valence-electron chi connectivity index (χ0n) is 21.5. The van der Waals surface area contributed by atoms with Crippen molar-refractivity contribution in [3.05, 3.63) is 65.0 Å². The predicted octanol–water partition coefficient (Wildman–Crippen LogP) is 3.61. The quantitative estimate of drug-likeness (QED) is 0.243. The summed E-state index contributed by atoms with van der Waals surface area (Å²) in [5.74, 6) is -2.24. The van der Waals surface area contributed by atoms with E-state index in [2.05, 4.69) is 10.3 Å². The van der Waals surface area contributed by atoms with Crippen molar-refractivity contribution in [1.29, 1.82) is 0 Å². The Balaban J connectivity index is 1.82. The minimum atomic E-state index is -5.16. The van der Waals surface area contributed by atoms with Gasteiger partial charge in [-0.2, -0.15) is 13.2 Å². The lowest BCUT2D eigenvalue weighted by Crippen LogP contribution is -2.49. The van der Waals surface area contributed by atoms with Crippen LogP contribution in [0.15, 0.2) is 46.9 Å². The number of hydrogen-bond acceptors (Lipinski definition) is 8. The average molecular weight is 537 g/mol. The van der Waals surface area contributed by atoms with Gasteiger partial charge in [-0.25, -0.2) is 9.78 Å². The van der Waals surface area contributed by atoms with Gasteiger partial charge in [-0.3, -0.25) is 0 Å². The molecule has 0 aliphatic heterocycles. The van der Waals surface area contributed by atoms with Crippen molar-refractivity contribution in [2.24, 2.45) is 11.5 Å². The normalized spacial score (nSPS) is 15.3. The Hall–Kier alpha value is -2.99. The molecule has 4 atom stereocenters. The van der Waals surface area contributed by atoms with Crippen LogP contribution in [0.2, 0.25) is 0 Å². The third-order valence-electron chi connectivity index (χ3n) is 6.53. The smallest absolute Gasteiger partial charge is 0.453 e. The van der Waals surface area contributed by atoms with Crippen LogP contribution in [0.3, 0.4) is 0 Å². The van der Waals surface area contributed by atoms with E-state index in [1.165, 1.54) is 0 Å². The SMILES string of the molecule is Cc1cc2nc(C(O)[C@@H](CCc3ccccc3)NCC(OC(=O)C(F)(F)F)[C@H](N)CCCN)oc2cc1C. The molecule has 2 aromatic carbocycles. The number of halogens is 3. The molecule has 8 nitrogen and oxygen atoms in total. The fraction of sp³-hybridized carbons (Fsp3) is 0.481. The number of oxazole rings is 1. The van der Waals surface area contributed by atoms with Crippen molar-refractivity contribution in [3.63, 3.8) is 0 Å². The largest absolute Gasteiger partial charge is 0.490 e. The van der Waals surface area contributed by atoms with Gasteiger partial charge < -0.3 is 31.0 Å². The number of fused-ring (bicyclic) bond motifs is 1. The highest BCUT2D eigenvalue weighted by molar-refractivity contribution is 5.76. The standard InChI is InChI=1S/C27H35F3N4O4/c1-16-13-21-22(14-17(16)2)37-25(34-21)24(35)20(11-10-18-7-4-3-5-8-18)33-15-23(19(32)9-6-12-31)38-26(36)27(28,29)30/h3-5,7-8,13-14,19-20,23-24,33,35H,6,9-12,15,31-32H2,1-2H3/t19-,20-,23?,24?/m1/s1. The summed E-state index contributed by atoms with van der Waals surface area (Å²) in [6.07, 6.45) is -6.04. The third kappa shape index (κ3) is 8.00. The summed E-state index contributed by atoms with van der Waals surface area (Å²) in [6.45, 7) is 3.95. The van der Waals surface area contributed by atoms with Gasteiger partial charge in [-0.1, -0.05) is 30.3 Å². The Morgan fingerprint density at radius 3 is 2.50 bits per heavy atom. The van der Waals surface area contributed by atoms with Crippen LogP contribution in [-0.2, 0) is 16.0 Å². The van der Waals surface area contributed by atoms with Crippen LogP contribution in [0.1, 0.15) is 47.9 Å². The number of aromatic nitrogens is 1. The molecular formula is C27H35F3N4O4. The van der Waals surface area contributed by atoms with Crippen LogP contribution >= 0.6 is 0 Å². The van der Waals surface area contributed by atoms with Crippen LogP contribution < -0.4 is 16.8 Å². The van der Waals surface area contributed by atoms with E-state index < -0.39 is 36.4 Å². The number of nitrogens with zero attached hydrogens (tertiary/aromatic N) is 1. The summed E-state index contributed by atoms with van der Waals surface area (Å²) >= 11 is 0. The zero-order valence-corrected chi connectivity index (χ0v) is 21.5. The van der Waals surface area contributed by atoms with E-state index in [9.17, 15) is 23.1 Å². The molecule has 1 aromatic heterocycles. The molecule has 3 rings (SSSR count). The third-order valence-corrected chi connectivity index (χ3v) is 6.53. The first-order valence-electron chi connectivity index (χ1n) is 12.6. The van der Waals surface area contributed by atoms with E-state index in [4.69, 9.17) is 20.6 Å². The molecule has 0 saturated carbocycles. The molecule has 11 heteroatoms. The van der Waals surface area contributed by atoms with Crippen LogP contribution in [0.25, 0.3) is 11.1 Å². The van der Waals surface area contributed by atoms with Crippen molar-refractivity contribution < 1.29 is 32.2 Å². The monoisotopic (exact) mass is 536 g/mol. The maximum atomic E-state index is 12.9. The zero-order chi connectivity index (χ0) is 27.9. The van der Waals surface area contributed by atoms with Gasteiger partial charge in [0.15, 0.2) is 5.58 Å². The highest BCUT2D eigenvalue weighted by Crippen LogP contribution is 2.27. The summed E-state index contributed by atoms with van der Waals surface area (Å²) < 4.78 is 49.3. The molecule has 0 spiro atoms. The first-order valence-corrected chi connectivity index (χ1v) is 12.6. The summed E-state index contributed by atoms with van der Waals surface area (Å²) in [5.41, 5.74) is 15.7. The number of alkyl halides is 3. The van der Waals surface area contributed by atoms with E-state index in [0.717, 1.165) is 16.7 Å². The minimum absolute atomic E-state index is 0.0758. The van der Waals surface area contributed by atoms with Crippen molar-refractivity contribution in [2.75, 3.05) is 13.1 Å². The van der Waals surface area contributed by atoms with Gasteiger partial charge in [0, 0.05) is 18.6 Å². The van der Waals surface area contributed by atoms with Crippen LogP contribution in [0.5, 0.6) is 0 Å². The van der Waals surface area contributed by atoms with Crippen molar-refractivity contribution in [2.45, 2.75) is 70.0 Å². The molecule has 0 amide bonds. The molecule has 1 heterocycles. The lowest BCUT2D eigenvalue weighted by atomic mass is 9.99. The maximum absolute atomic E-state index is 12.9. The van der Waals surface area contributed by atoms with Crippen molar-refractivity contribution >= 4 is 17.1 Å². The molecule has 3 aromatic rings. The summed E-state index contributed by atoms with van der Waals surface area (Å²) in [5, 5.41) is 14.3. The van der Waals surface area contributed by atoms with Crippen LogP contribution in [0.4, 0.5) is 13.2 Å². The first-order chi connectivity index (χ1) is 18.0. The molecule has 0 aliphatic carbocycles.